The molecule has 2 aromatic rings. The van der Waals surface area contributed by atoms with E-state index in [1.165, 1.54) is 6.33 Å². The van der Waals surface area contributed by atoms with E-state index in [9.17, 15) is 9.59 Å². The van der Waals surface area contributed by atoms with E-state index in [-0.39, 0.29) is 5.91 Å². The van der Waals surface area contributed by atoms with Crippen LogP contribution in [0.1, 0.15) is 11.6 Å². The maximum atomic E-state index is 12.2. The van der Waals surface area contributed by atoms with Gasteiger partial charge in [0.2, 0.25) is 5.91 Å². The zero-order chi connectivity index (χ0) is 15.2. The van der Waals surface area contributed by atoms with E-state index in [1.807, 2.05) is 30.3 Å². The molecule has 0 aliphatic carbocycles. The van der Waals surface area contributed by atoms with Crippen LogP contribution in [-0.4, -0.2) is 33.1 Å². The lowest BCUT2D eigenvalue weighted by atomic mass is 10.1. The summed E-state index contributed by atoms with van der Waals surface area (Å²) >= 11 is 4.12. The van der Waals surface area contributed by atoms with Gasteiger partial charge in [-0.15, -0.1) is 12.6 Å². The van der Waals surface area contributed by atoms with E-state index in [4.69, 9.17) is 5.11 Å². The number of hydrogen-bond acceptors (Lipinski definition) is 4. The third-order valence-corrected chi connectivity index (χ3v) is 3.17. The largest absolute Gasteiger partial charge is 0.480 e. The van der Waals surface area contributed by atoms with Gasteiger partial charge in [0.05, 0.1) is 6.33 Å². The molecule has 0 unspecified atom stereocenters. The van der Waals surface area contributed by atoms with Crippen molar-refractivity contribution in [3.8, 4) is 0 Å². The summed E-state index contributed by atoms with van der Waals surface area (Å²) in [7, 11) is 0. The molecule has 2 N–H and O–H groups in total. The smallest absolute Gasteiger partial charge is 0.322 e. The predicted octanol–water partition coefficient (Wildman–Crippen LogP) is 1.16. The summed E-state index contributed by atoms with van der Waals surface area (Å²) in [6, 6.07) is 8.93. The van der Waals surface area contributed by atoms with E-state index in [0.29, 0.717) is 11.4 Å². The summed E-state index contributed by atoms with van der Waals surface area (Å²) in [6.07, 6.45) is 3.59. The number of amides is 1. The normalized spacial score (nSPS) is 11.9. The van der Waals surface area contributed by atoms with Crippen molar-refractivity contribution >= 4 is 24.5 Å². The van der Waals surface area contributed by atoms with Crippen molar-refractivity contribution in [2.75, 3.05) is 6.54 Å². The Morgan fingerprint density at radius 3 is 2.62 bits per heavy atom. The van der Waals surface area contributed by atoms with Gasteiger partial charge in [0.1, 0.15) is 17.6 Å². The van der Waals surface area contributed by atoms with Crippen LogP contribution in [0.15, 0.2) is 47.9 Å². The topological polar surface area (TPSA) is 84.2 Å². The minimum absolute atomic E-state index is 0.369. The number of aliphatic carboxylic acids is 1. The summed E-state index contributed by atoms with van der Waals surface area (Å²) < 4.78 is 1.63. The molecular formula is C14H15N3O3S. The van der Waals surface area contributed by atoms with Crippen LogP contribution in [0, 0.1) is 0 Å². The molecule has 0 radical (unpaired) electrons. The van der Waals surface area contributed by atoms with Gasteiger partial charge in [0.15, 0.2) is 0 Å². The molecule has 1 aromatic heterocycles. The van der Waals surface area contributed by atoms with Crippen LogP contribution in [-0.2, 0) is 16.0 Å². The van der Waals surface area contributed by atoms with E-state index in [2.05, 4.69) is 22.9 Å². The number of carboxylic acid groups (broad SMARTS) is 1. The van der Waals surface area contributed by atoms with Gasteiger partial charge in [-0.25, -0.2) is 4.98 Å². The Morgan fingerprint density at radius 1 is 1.33 bits per heavy atom. The Hall–Kier alpha value is -2.28. The SMILES string of the molecule is O=C(O)CNC(=O)[C@H](Cc1ccccc1)n1cnc(S)c1. The second-order valence-electron chi connectivity index (χ2n) is 4.50. The quantitative estimate of drug-likeness (QED) is 0.699. The number of nitrogens with zero attached hydrogens (tertiary/aromatic N) is 2. The predicted molar refractivity (Wildman–Crippen MR) is 79.3 cm³/mol. The van der Waals surface area contributed by atoms with Crippen molar-refractivity contribution in [3.63, 3.8) is 0 Å². The molecule has 0 spiro atoms. The molecule has 0 saturated heterocycles. The van der Waals surface area contributed by atoms with Crippen LogP contribution in [0.5, 0.6) is 0 Å². The molecule has 0 aliphatic heterocycles. The average molecular weight is 305 g/mol. The van der Waals surface area contributed by atoms with Gasteiger partial charge in [-0.1, -0.05) is 30.3 Å². The van der Waals surface area contributed by atoms with Crippen molar-refractivity contribution < 1.29 is 14.7 Å². The average Bonchev–Trinajstić information content (AvgIpc) is 2.89. The van der Waals surface area contributed by atoms with Crippen LogP contribution in [0.25, 0.3) is 0 Å². The number of benzene rings is 1. The summed E-state index contributed by atoms with van der Waals surface area (Å²) in [5.41, 5.74) is 0.974. The van der Waals surface area contributed by atoms with Crippen molar-refractivity contribution in [1.29, 1.82) is 0 Å². The molecule has 21 heavy (non-hydrogen) atoms. The number of carbonyl (C=O) groups excluding carboxylic acids is 1. The van der Waals surface area contributed by atoms with Gasteiger partial charge in [-0.2, -0.15) is 0 Å². The van der Waals surface area contributed by atoms with Gasteiger partial charge < -0.3 is 15.0 Å². The summed E-state index contributed by atoms with van der Waals surface area (Å²) in [5.74, 6) is -1.45. The van der Waals surface area contributed by atoms with Gasteiger partial charge in [-0.3, -0.25) is 9.59 Å². The molecule has 0 saturated carbocycles. The number of rotatable bonds is 6. The summed E-state index contributed by atoms with van der Waals surface area (Å²) in [5, 5.41) is 11.6. The molecule has 1 amide bonds. The summed E-state index contributed by atoms with van der Waals surface area (Å²) in [6.45, 7) is -0.410. The molecule has 1 aromatic carbocycles. The fraction of sp³-hybridized carbons (Fsp3) is 0.214. The monoisotopic (exact) mass is 305 g/mol. The lowest BCUT2D eigenvalue weighted by Gasteiger charge is -2.17. The zero-order valence-corrected chi connectivity index (χ0v) is 12.0. The summed E-state index contributed by atoms with van der Waals surface area (Å²) in [4.78, 5) is 26.8. The first-order chi connectivity index (χ1) is 10.1. The third-order valence-electron chi connectivity index (χ3n) is 2.94. The Balaban J connectivity index is 2.18. The maximum absolute atomic E-state index is 12.2. The first-order valence-electron chi connectivity index (χ1n) is 6.32. The van der Waals surface area contributed by atoms with Gasteiger partial charge >= 0.3 is 5.97 Å². The van der Waals surface area contributed by atoms with Gasteiger partial charge in [0.25, 0.3) is 0 Å². The number of nitrogens with one attached hydrogen (secondary N) is 1. The van der Waals surface area contributed by atoms with E-state index < -0.39 is 18.6 Å². The first kappa shape index (κ1) is 15.1. The highest BCUT2D eigenvalue weighted by Gasteiger charge is 2.21. The van der Waals surface area contributed by atoms with Crippen LogP contribution in [0.3, 0.4) is 0 Å². The fourth-order valence-corrected chi connectivity index (χ4v) is 2.13. The van der Waals surface area contributed by atoms with Gasteiger partial charge in [-0.05, 0) is 5.56 Å². The van der Waals surface area contributed by atoms with Crippen molar-refractivity contribution in [1.82, 2.24) is 14.9 Å². The number of thiol groups is 1. The van der Waals surface area contributed by atoms with E-state index >= 15 is 0 Å². The highest BCUT2D eigenvalue weighted by molar-refractivity contribution is 7.80. The highest BCUT2D eigenvalue weighted by Crippen LogP contribution is 2.16. The van der Waals surface area contributed by atoms with Crippen LogP contribution in [0.4, 0.5) is 0 Å². The van der Waals surface area contributed by atoms with Gasteiger partial charge in [0, 0.05) is 12.6 Å². The Kier molecular flexibility index (Phi) is 4.99. The van der Waals surface area contributed by atoms with Crippen molar-refractivity contribution in [2.24, 2.45) is 0 Å². The molecule has 110 valence electrons. The van der Waals surface area contributed by atoms with Crippen LogP contribution < -0.4 is 5.32 Å². The Morgan fingerprint density at radius 2 is 2.05 bits per heavy atom. The molecule has 0 fully saturated rings. The number of aromatic nitrogens is 2. The van der Waals surface area contributed by atoms with E-state index in [0.717, 1.165) is 5.56 Å². The minimum atomic E-state index is -1.08. The fourth-order valence-electron chi connectivity index (χ4n) is 1.95. The highest BCUT2D eigenvalue weighted by atomic mass is 32.1. The second-order valence-corrected chi connectivity index (χ2v) is 4.95. The molecule has 1 atom stereocenters. The Labute approximate surface area is 127 Å². The molecule has 0 aliphatic rings. The lowest BCUT2D eigenvalue weighted by molar-refractivity contribution is -0.138. The van der Waals surface area contributed by atoms with Crippen molar-refractivity contribution in [3.05, 3.63) is 48.4 Å². The van der Waals surface area contributed by atoms with Crippen molar-refractivity contribution in [2.45, 2.75) is 17.5 Å². The molecule has 2 rings (SSSR count). The molecule has 6 nitrogen and oxygen atoms in total. The number of carboxylic acids is 1. The molecule has 7 heteroatoms. The van der Waals surface area contributed by atoms with Crippen LogP contribution in [0.2, 0.25) is 0 Å². The lowest BCUT2D eigenvalue weighted by Crippen LogP contribution is -2.36. The first-order valence-corrected chi connectivity index (χ1v) is 6.77. The number of carbonyl (C=O) groups is 2. The van der Waals surface area contributed by atoms with E-state index in [1.54, 1.807) is 10.8 Å². The molecular weight excluding hydrogens is 290 g/mol. The van der Waals surface area contributed by atoms with Crippen LogP contribution >= 0.6 is 12.6 Å². The number of imidazole rings is 1. The zero-order valence-electron chi connectivity index (χ0n) is 11.1. The third kappa shape index (κ3) is 4.35. The standard InChI is InChI=1S/C14H15N3O3S/c18-13(19)7-15-14(20)11(17-8-12(21)16-9-17)6-10-4-2-1-3-5-10/h1-5,8-9,11,21H,6-7H2,(H,15,20)(H,18,19)/t11-/m0/s1. The minimum Gasteiger partial charge on any atom is -0.480 e. The second kappa shape index (κ2) is 6.94. The molecule has 0 bridgehead atoms. The number of hydrogen-bond donors (Lipinski definition) is 3. The Bertz CT molecular complexity index is 627. The molecule has 1 heterocycles. The maximum Gasteiger partial charge on any atom is 0.322 e.